The molecule has 0 aliphatic carbocycles. The van der Waals surface area contributed by atoms with Crippen molar-refractivity contribution < 1.29 is 32.2 Å². The second-order valence-corrected chi connectivity index (χ2v) is 7.93. The number of alkyl halides is 3. The first-order valence-corrected chi connectivity index (χ1v) is 10.7. The summed E-state index contributed by atoms with van der Waals surface area (Å²) in [6, 6.07) is 11.4. The molecule has 1 aliphatic heterocycles. The fourth-order valence-electron chi connectivity index (χ4n) is 3.71. The van der Waals surface area contributed by atoms with Gasteiger partial charge in [-0.25, -0.2) is 0 Å². The van der Waals surface area contributed by atoms with Crippen molar-refractivity contribution in [3.05, 3.63) is 59.7 Å². The lowest BCUT2D eigenvalue weighted by molar-refractivity contribution is -0.137. The molecule has 33 heavy (non-hydrogen) atoms. The molecule has 0 unspecified atom stereocenters. The van der Waals surface area contributed by atoms with Crippen LogP contribution in [0.2, 0.25) is 0 Å². The zero-order valence-corrected chi connectivity index (χ0v) is 18.6. The van der Waals surface area contributed by atoms with E-state index in [1.807, 2.05) is 0 Å². The predicted octanol–water partition coefficient (Wildman–Crippen LogP) is 4.10. The Morgan fingerprint density at radius 3 is 2.12 bits per heavy atom. The molecular formula is C24H27F3N2O4. The van der Waals surface area contributed by atoms with E-state index < -0.39 is 11.7 Å². The van der Waals surface area contributed by atoms with Gasteiger partial charge in [-0.1, -0.05) is 0 Å². The molecule has 2 aromatic carbocycles. The summed E-state index contributed by atoms with van der Waals surface area (Å²) in [4.78, 5) is 28.6. The molecule has 0 saturated carbocycles. The summed E-state index contributed by atoms with van der Waals surface area (Å²) < 4.78 is 48.9. The van der Waals surface area contributed by atoms with Crippen LogP contribution in [-0.2, 0) is 11.0 Å². The topological polar surface area (TPSA) is 59.1 Å². The number of halogens is 3. The molecule has 1 fully saturated rings. The molecule has 6 nitrogen and oxygen atoms in total. The molecule has 1 aliphatic rings. The van der Waals surface area contributed by atoms with Gasteiger partial charge in [0.1, 0.15) is 18.1 Å². The summed E-state index contributed by atoms with van der Waals surface area (Å²) in [7, 11) is 3.31. The molecule has 0 spiro atoms. The standard InChI is InChI=1S/C24H27F3N2O4/c1-28(15-16-33-21-9-7-20(32-2)8-10-21)22(30)18-11-13-29(14-12-18)23(31)17-3-5-19(6-4-17)24(25,26)27/h3-10,18H,11-16H2,1-2H3. The first kappa shape index (κ1) is 24.4. The van der Waals surface area contributed by atoms with Gasteiger partial charge in [0.25, 0.3) is 5.91 Å². The van der Waals surface area contributed by atoms with Gasteiger partial charge in [-0.15, -0.1) is 0 Å². The highest BCUT2D eigenvalue weighted by atomic mass is 19.4. The number of amides is 2. The Morgan fingerprint density at radius 2 is 1.58 bits per heavy atom. The Bertz CT molecular complexity index is 938. The van der Waals surface area contributed by atoms with Gasteiger partial charge in [0.05, 0.1) is 19.2 Å². The minimum absolute atomic E-state index is 0.00467. The second kappa shape index (κ2) is 10.6. The highest BCUT2D eigenvalue weighted by Gasteiger charge is 2.32. The highest BCUT2D eigenvalue weighted by Crippen LogP contribution is 2.29. The molecule has 0 radical (unpaired) electrons. The van der Waals surface area contributed by atoms with Crippen LogP contribution in [0, 0.1) is 5.92 Å². The number of hydrogen-bond acceptors (Lipinski definition) is 4. The van der Waals surface area contributed by atoms with Crippen LogP contribution in [0.3, 0.4) is 0 Å². The van der Waals surface area contributed by atoms with Gasteiger partial charge >= 0.3 is 6.18 Å². The molecule has 2 aromatic rings. The third-order valence-corrected chi connectivity index (χ3v) is 5.72. The normalized spacial score (nSPS) is 14.6. The lowest BCUT2D eigenvalue weighted by Gasteiger charge is -2.33. The lowest BCUT2D eigenvalue weighted by atomic mass is 9.95. The number of rotatable bonds is 7. The fraction of sp³-hybridized carbons (Fsp3) is 0.417. The van der Waals surface area contributed by atoms with E-state index in [0.29, 0.717) is 44.8 Å². The summed E-state index contributed by atoms with van der Waals surface area (Å²) in [5.74, 6) is 0.892. The molecule has 178 valence electrons. The summed E-state index contributed by atoms with van der Waals surface area (Å²) in [5.41, 5.74) is -0.581. The molecule has 1 saturated heterocycles. The van der Waals surface area contributed by atoms with Gasteiger partial charge in [0.15, 0.2) is 0 Å². The molecule has 2 amide bonds. The van der Waals surface area contributed by atoms with E-state index in [0.717, 1.165) is 17.9 Å². The lowest BCUT2D eigenvalue weighted by Crippen LogP contribution is -2.44. The van der Waals surface area contributed by atoms with E-state index in [-0.39, 0.29) is 23.3 Å². The average Bonchev–Trinajstić information content (AvgIpc) is 2.83. The van der Waals surface area contributed by atoms with Gasteiger partial charge in [0.2, 0.25) is 5.91 Å². The second-order valence-electron chi connectivity index (χ2n) is 7.93. The van der Waals surface area contributed by atoms with Crippen LogP contribution in [0.25, 0.3) is 0 Å². The van der Waals surface area contributed by atoms with E-state index in [4.69, 9.17) is 9.47 Å². The number of nitrogens with zero attached hydrogens (tertiary/aromatic N) is 2. The van der Waals surface area contributed by atoms with Crippen molar-refractivity contribution in [3.63, 3.8) is 0 Å². The Kier molecular flexibility index (Phi) is 7.84. The van der Waals surface area contributed by atoms with Crippen LogP contribution in [0.4, 0.5) is 13.2 Å². The van der Waals surface area contributed by atoms with E-state index in [2.05, 4.69) is 0 Å². The largest absolute Gasteiger partial charge is 0.497 e. The number of carbonyl (C=O) groups excluding carboxylic acids is 2. The molecule has 0 N–H and O–H groups in total. The average molecular weight is 464 g/mol. The molecule has 1 heterocycles. The van der Waals surface area contributed by atoms with Crippen molar-refractivity contribution in [2.24, 2.45) is 5.92 Å². The van der Waals surface area contributed by atoms with E-state index in [1.165, 1.54) is 12.1 Å². The maximum Gasteiger partial charge on any atom is 0.416 e. The Morgan fingerprint density at radius 1 is 1.00 bits per heavy atom. The first-order chi connectivity index (χ1) is 15.7. The predicted molar refractivity (Wildman–Crippen MR) is 116 cm³/mol. The molecule has 0 aromatic heterocycles. The molecular weight excluding hydrogens is 437 g/mol. The molecule has 0 bridgehead atoms. The summed E-state index contributed by atoms with van der Waals surface area (Å²) in [6.07, 6.45) is -3.42. The Balaban J connectivity index is 1.44. The Hall–Kier alpha value is -3.23. The van der Waals surface area contributed by atoms with Crippen LogP contribution in [0.1, 0.15) is 28.8 Å². The van der Waals surface area contributed by atoms with Gasteiger partial charge in [-0.3, -0.25) is 9.59 Å². The Labute approximate surface area is 190 Å². The van der Waals surface area contributed by atoms with Gasteiger partial charge in [0, 0.05) is 31.6 Å². The smallest absolute Gasteiger partial charge is 0.416 e. The SMILES string of the molecule is COc1ccc(OCCN(C)C(=O)C2CCN(C(=O)c3ccc(C(F)(F)F)cc3)CC2)cc1. The number of ether oxygens (including phenoxy) is 2. The monoisotopic (exact) mass is 464 g/mol. The van der Waals surface area contributed by atoms with Gasteiger partial charge in [-0.2, -0.15) is 13.2 Å². The van der Waals surface area contributed by atoms with Crippen LogP contribution in [0.5, 0.6) is 11.5 Å². The summed E-state index contributed by atoms with van der Waals surface area (Å²) in [6.45, 7) is 1.54. The van der Waals surface area contributed by atoms with E-state index in [1.54, 1.807) is 48.2 Å². The van der Waals surface area contributed by atoms with Gasteiger partial charge in [-0.05, 0) is 61.4 Å². The molecule has 3 rings (SSSR count). The number of carbonyl (C=O) groups is 2. The van der Waals surface area contributed by atoms with Crippen molar-refractivity contribution >= 4 is 11.8 Å². The van der Waals surface area contributed by atoms with E-state index >= 15 is 0 Å². The zero-order chi connectivity index (χ0) is 24.0. The van der Waals surface area contributed by atoms with Crippen molar-refractivity contribution in [1.82, 2.24) is 9.80 Å². The van der Waals surface area contributed by atoms with Crippen LogP contribution in [0.15, 0.2) is 48.5 Å². The molecule has 0 atom stereocenters. The minimum Gasteiger partial charge on any atom is -0.497 e. The van der Waals surface area contributed by atoms with Crippen molar-refractivity contribution in [2.45, 2.75) is 19.0 Å². The van der Waals surface area contributed by atoms with E-state index in [9.17, 15) is 22.8 Å². The number of likely N-dealkylation sites (N-methyl/N-ethyl adjacent to an activating group) is 1. The van der Waals surface area contributed by atoms with Crippen molar-refractivity contribution in [2.75, 3.05) is 40.4 Å². The first-order valence-electron chi connectivity index (χ1n) is 10.7. The maximum absolute atomic E-state index is 12.7. The quantitative estimate of drug-likeness (QED) is 0.619. The fourth-order valence-corrected chi connectivity index (χ4v) is 3.71. The third-order valence-electron chi connectivity index (χ3n) is 5.72. The van der Waals surface area contributed by atoms with Crippen LogP contribution in [-0.4, -0.2) is 62.0 Å². The number of methoxy groups -OCH3 is 1. The number of likely N-dealkylation sites (tertiary alicyclic amines) is 1. The molecule has 9 heteroatoms. The summed E-state index contributed by atoms with van der Waals surface area (Å²) in [5, 5.41) is 0. The van der Waals surface area contributed by atoms with Crippen LogP contribution >= 0.6 is 0 Å². The maximum atomic E-state index is 12.7. The summed E-state index contributed by atoms with van der Waals surface area (Å²) >= 11 is 0. The minimum atomic E-state index is -4.44. The number of piperidine rings is 1. The van der Waals surface area contributed by atoms with Gasteiger partial charge < -0.3 is 19.3 Å². The third kappa shape index (κ3) is 6.40. The number of hydrogen-bond donors (Lipinski definition) is 0. The zero-order valence-electron chi connectivity index (χ0n) is 18.6. The van der Waals surface area contributed by atoms with Crippen molar-refractivity contribution in [3.8, 4) is 11.5 Å². The van der Waals surface area contributed by atoms with Crippen molar-refractivity contribution in [1.29, 1.82) is 0 Å². The highest BCUT2D eigenvalue weighted by molar-refractivity contribution is 5.94. The van der Waals surface area contributed by atoms with Crippen LogP contribution < -0.4 is 9.47 Å². The number of benzene rings is 2.